The van der Waals surface area contributed by atoms with Gasteiger partial charge in [0, 0.05) is 11.4 Å². The summed E-state index contributed by atoms with van der Waals surface area (Å²) in [6, 6.07) is 15.3. The van der Waals surface area contributed by atoms with E-state index >= 15 is 0 Å². The van der Waals surface area contributed by atoms with Crippen molar-refractivity contribution in [3.05, 3.63) is 59.7 Å². The average Bonchev–Trinajstić information content (AvgIpc) is 2.50. The third kappa shape index (κ3) is 4.87. The third-order valence-electron chi connectivity index (χ3n) is 3.41. The Morgan fingerprint density at radius 1 is 1.00 bits per heavy atom. The maximum absolute atomic E-state index is 12.2. The molecule has 0 unspecified atom stereocenters. The van der Waals surface area contributed by atoms with E-state index in [2.05, 4.69) is 16.9 Å². The van der Waals surface area contributed by atoms with E-state index in [0.717, 1.165) is 23.3 Å². The van der Waals surface area contributed by atoms with Gasteiger partial charge < -0.3 is 0 Å². The fraction of sp³-hybridized carbons (Fsp3) is 0.294. The van der Waals surface area contributed by atoms with E-state index in [1.165, 1.54) is 4.90 Å². The van der Waals surface area contributed by atoms with E-state index in [1.54, 1.807) is 23.9 Å². The van der Waals surface area contributed by atoms with Crippen LogP contribution < -0.4 is 4.72 Å². The van der Waals surface area contributed by atoms with Crippen molar-refractivity contribution in [3.8, 4) is 0 Å². The fourth-order valence-electron chi connectivity index (χ4n) is 1.95. The van der Waals surface area contributed by atoms with Crippen LogP contribution in [0.25, 0.3) is 0 Å². The van der Waals surface area contributed by atoms with Gasteiger partial charge in [0.05, 0.1) is 4.90 Å². The number of thioether (sulfide) groups is 1. The Morgan fingerprint density at radius 3 is 2.41 bits per heavy atom. The Balaban J connectivity index is 1.81. The molecule has 0 radical (unpaired) electrons. The summed E-state index contributed by atoms with van der Waals surface area (Å²) < 4.78 is 27.1. The second-order valence-electron chi connectivity index (χ2n) is 5.16. The number of hydrogen-bond acceptors (Lipinski definition) is 3. The summed E-state index contributed by atoms with van der Waals surface area (Å²) in [6.45, 7) is 4.35. The molecule has 5 heteroatoms. The Bertz CT molecular complexity index is 713. The molecule has 0 spiro atoms. The maximum atomic E-state index is 12.2. The summed E-state index contributed by atoms with van der Waals surface area (Å²) in [5.41, 5.74) is 2.08. The molecule has 1 N–H and O–H groups in total. The summed E-state index contributed by atoms with van der Waals surface area (Å²) in [5.74, 6) is 0.888. The first kappa shape index (κ1) is 17.1. The van der Waals surface area contributed by atoms with Crippen molar-refractivity contribution in [2.75, 3.05) is 12.3 Å². The molecule has 3 nitrogen and oxygen atoms in total. The van der Waals surface area contributed by atoms with Crippen molar-refractivity contribution in [1.82, 2.24) is 4.72 Å². The highest BCUT2D eigenvalue weighted by Gasteiger charge is 2.13. The monoisotopic (exact) mass is 335 g/mol. The highest BCUT2D eigenvalue weighted by molar-refractivity contribution is 7.99. The van der Waals surface area contributed by atoms with Crippen molar-refractivity contribution >= 4 is 21.8 Å². The Hall–Kier alpha value is -1.30. The molecule has 2 aromatic rings. The average molecular weight is 335 g/mol. The van der Waals surface area contributed by atoms with E-state index in [9.17, 15) is 8.42 Å². The second kappa shape index (κ2) is 7.81. The van der Waals surface area contributed by atoms with Crippen LogP contribution in [-0.2, 0) is 10.0 Å². The van der Waals surface area contributed by atoms with E-state index in [1.807, 2.05) is 38.1 Å². The van der Waals surface area contributed by atoms with Crippen LogP contribution >= 0.6 is 11.8 Å². The van der Waals surface area contributed by atoms with Gasteiger partial charge >= 0.3 is 0 Å². The van der Waals surface area contributed by atoms with Gasteiger partial charge in [0.1, 0.15) is 0 Å². The second-order valence-corrected chi connectivity index (χ2v) is 8.09. The molecule has 0 saturated carbocycles. The molecule has 0 fully saturated rings. The van der Waals surface area contributed by atoms with Crippen LogP contribution in [0.15, 0.2) is 58.3 Å². The van der Waals surface area contributed by atoms with Crippen molar-refractivity contribution in [2.24, 2.45) is 0 Å². The molecule has 0 saturated heterocycles. The fourth-order valence-corrected chi connectivity index (χ4v) is 3.98. The maximum Gasteiger partial charge on any atom is 0.240 e. The Kier molecular flexibility index (Phi) is 6.06. The molecule has 0 heterocycles. The number of benzene rings is 2. The summed E-state index contributed by atoms with van der Waals surface area (Å²) >= 11 is 1.74. The highest BCUT2D eigenvalue weighted by atomic mass is 32.2. The molecule has 118 valence electrons. The minimum atomic E-state index is -3.40. The number of sulfonamides is 1. The molecule has 0 aliphatic rings. The molecular formula is C17H21NO2S2. The van der Waals surface area contributed by atoms with Crippen molar-refractivity contribution < 1.29 is 8.42 Å². The first-order valence-corrected chi connectivity index (χ1v) is 9.71. The largest absolute Gasteiger partial charge is 0.240 e. The van der Waals surface area contributed by atoms with E-state index < -0.39 is 10.0 Å². The lowest BCUT2D eigenvalue weighted by atomic mass is 10.1. The molecule has 0 aliphatic heterocycles. The first-order chi connectivity index (χ1) is 10.5. The lowest BCUT2D eigenvalue weighted by molar-refractivity contribution is 0.581. The predicted molar refractivity (Wildman–Crippen MR) is 92.9 cm³/mol. The number of rotatable bonds is 7. The van der Waals surface area contributed by atoms with E-state index in [4.69, 9.17) is 0 Å². The van der Waals surface area contributed by atoms with Gasteiger partial charge in [0.25, 0.3) is 0 Å². The van der Waals surface area contributed by atoms with Crippen LogP contribution in [0.2, 0.25) is 0 Å². The normalized spacial score (nSPS) is 11.5. The quantitative estimate of drug-likeness (QED) is 0.619. The summed E-state index contributed by atoms with van der Waals surface area (Å²) in [4.78, 5) is 1.55. The molecule has 0 aliphatic carbocycles. The molecular weight excluding hydrogens is 314 g/mol. The topological polar surface area (TPSA) is 46.2 Å². The lowest BCUT2D eigenvalue weighted by Crippen LogP contribution is -2.25. The molecule has 0 atom stereocenters. The van der Waals surface area contributed by atoms with Crippen LogP contribution in [-0.4, -0.2) is 20.7 Å². The van der Waals surface area contributed by atoms with Gasteiger partial charge in [0.2, 0.25) is 10.0 Å². The van der Waals surface area contributed by atoms with Crippen LogP contribution in [0.3, 0.4) is 0 Å². The highest BCUT2D eigenvalue weighted by Crippen LogP contribution is 2.18. The van der Waals surface area contributed by atoms with E-state index in [0.29, 0.717) is 11.4 Å². The number of hydrogen-bond donors (Lipinski definition) is 1. The van der Waals surface area contributed by atoms with Crippen molar-refractivity contribution in [2.45, 2.75) is 30.1 Å². The Labute approximate surface area is 137 Å². The molecule has 2 rings (SSSR count). The van der Waals surface area contributed by atoms with Gasteiger partial charge in [-0.25, -0.2) is 13.1 Å². The zero-order valence-electron chi connectivity index (χ0n) is 12.9. The molecule has 0 bridgehead atoms. The van der Waals surface area contributed by atoms with Crippen LogP contribution in [0, 0.1) is 13.8 Å². The smallest absolute Gasteiger partial charge is 0.211 e. The summed E-state index contributed by atoms with van der Waals surface area (Å²) in [5, 5.41) is 0. The van der Waals surface area contributed by atoms with Gasteiger partial charge in [0.15, 0.2) is 0 Å². The van der Waals surface area contributed by atoms with Gasteiger partial charge in [-0.15, -0.1) is 11.8 Å². The van der Waals surface area contributed by atoms with Gasteiger partial charge in [-0.05, 0) is 61.4 Å². The first-order valence-electron chi connectivity index (χ1n) is 7.24. The number of nitrogens with one attached hydrogen (secondary N) is 1. The van der Waals surface area contributed by atoms with Crippen LogP contribution in [0.4, 0.5) is 0 Å². The third-order valence-corrected chi connectivity index (χ3v) is 5.97. The standard InChI is InChI=1S/C17H21NO2S2/c1-14-9-10-17(13-15(14)2)22(19,20)18-11-6-12-21-16-7-4-3-5-8-16/h3-5,7-10,13,18H,6,11-12H2,1-2H3. The minimum absolute atomic E-state index is 0.339. The molecule has 2 aromatic carbocycles. The van der Waals surface area contributed by atoms with Gasteiger partial charge in [-0.1, -0.05) is 24.3 Å². The number of aryl methyl sites for hydroxylation is 2. The van der Waals surface area contributed by atoms with Crippen LogP contribution in [0.5, 0.6) is 0 Å². The summed E-state index contributed by atoms with van der Waals surface area (Å²) in [7, 11) is -3.40. The van der Waals surface area contributed by atoms with Crippen LogP contribution in [0.1, 0.15) is 17.5 Å². The summed E-state index contributed by atoms with van der Waals surface area (Å²) in [6.07, 6.45) is 0.795. The molecule has 22 heavy (non-hydrogen) atoms. The minimum Gasteiger partial charge on any atom is -0.211 e. The lowest BCUT2D eigenvalue weighted by Gasteiger charge is -2.08. The SMILES string of the molecule is Cc1ccc(S(=O)(=O)NCCCSc2ccccc2)cc1C. The van der Waals surface area contributed by atoms with Gasteiger partial charge in [-0.3, -0.25) is 0 Å². The Morgan fingerprint density at radius 2 is 1.73 bits per heavy atom. The molecule has 0 amide bonds. The van der Waals surface area contributed by atoms with Crippen molar-refractivity contribution in [3.63, 3.8) is 0 Å². The van der Waals surface area contributed by atoms with Crippen molar-refractivity contribution in [1.29, 1.82) is 0 Å². The zero-order chi connectivity index (χ0) is 16.0. The van der Waals surface area contributed by atoms with Gasteiger partial charge in [-0.2, -0.15) is 0 Å². The predicted octanol–water partition coefficient (Wildman–Crippen LogP) is 3.76. The van der Waals surface area contributed by atoms with E-state index in [-0.39, 0.29) is 0 Å². The molecule has 0 aromatic heterocycles. The zero-order valence-corrected chi connectivity index (χ0v) is 14.5.